The van der Waals surface area contributed by atoms with Crippen LogP contribution in [0.15, 0.2) is 33.9 Å². The average Bonchev–Trinajstić information content (AvgIpc) is 2.29. The van der Waals surface area contributed by atoms with Gasteiger partial charge in [-0.1, -0.05) is 38.1 Å². The van der Waals surface area contributed by atoms with Crippen LogP contribution < -0.4 is 10.9 Å². The van der Waals surface area contributed by atoms with Crippen LogP contribution in [-0.4, -0.2) is 5.11 Å². The second kappa shape index (κ2) is 3.59. The van der Waals surface area contributed by atoms with Gasteiger partial charge in [-0.3, -0.25) is 9.59 Å². The molecule has 82 valence electrons. The summed E-state index contributed by atoms with van der Waals surface area (Å²) in [5.41, 5.74) is 0.415. The molecule has 0 fully saturated rings. The molecule has 3 heteroatoms. The van der Waals surface area contributed by atoms with E-state index in [1.165, 1.54) is 0 Å². The molecule has 16 heavy (non-hydrogen) atoms. The van der Waals surface area contributed by atoms with Crippen LogP contribution in [0.1, 0.15) is 25.3 Å². The molecule has 2 aromatic carbocycles. The number of aromatic hydroxyl groups is 1. The van der Waals surface area contributed by atoms with E-state index in [0.29, 0.717) is 5.56 Å². The van der Waals surface area contributed by atoms with Gasteiger partial charge in [-0.15, -0.1) is 0 Å². The summed E-state index contributed by atoms with van der Waals surface area (Å²) in [5, 5.41) is 9.42. The summed E-state index contributed by atoms with van der Waals surface area (Å²) in [5.74, 6) is -0.168. The lowest BCUT2D eigenvalue weighted by molar-refractivity contribution is 0.465. The van der Waals surface area contributed by atoms with Crippen LogP contribution in [-0.2, 0) is 0 Å². The van der Waals surface area contributed by atoms with Crippen molar-refractivity contribution in [2.75, 3.05) is 0 Å². The highest BCUT2D eigenvalue weighted by Gasteiger charge is 2.23. The van der Waals surface area contributed by atoms with Crippen LogP contribution in [0, 0.1) is 0 Å². The first-order chi connectivity index (χ1) is 7.54. The number of rotatable bonds is 2. The first-order valence-electron chi connectivity index (χ1n) is 5.15. The molecule has 0 amide bonds. The number of hydrogen-bond acceptors (Lipinski definition) is 3. The van der Waals surface area contributed by atoms with Crippen LogP contribution in [0.4, 0.5) is 0 Å². The van der Waals surface area contributed by atoms with E-state index in [1.54, 1.807) is 12.1 Å². The van der Waals surface area contributed by atoms with Gasteiger partial charge in [-0.25, -0.2) is 0 Å². The minimum Gasteiger partial charge on any atom is -0.503 e. The fraction of sp³-hybridized carbons (Fsp3) is 0.231. The van der Waals surface area contributed by atoms with Crippen molar-refractivity contribution in [1.82, 2.24) is 0 Å². The Morgan fingerprint density at radius 1 is 1.06 bits per heavy atom. The molecular weight excluding hydrogens is 204 g/mol. The van der Waals surface area contributed by atoms with Crippen molar-refractivity contribution in [3.63, 3.8) is 0 Å². The Morgan fingerprint density at radius 3 is 2.25 bits per heavy atom. The zero-order chi connectivity index (χ0) is 11.9. The van der Waals surface area contributed by atoms with Crippen molar-refractivity contribution in [1.29, 1.82) is 0 Å². The monoisotopic (exact) mass is 216 g/mol. The van der Waals surface area contributed by atoms with Crippen LogP contribution >= 0.6 is 0 Å². The van der Waals surface area contributed by atoms with Gasteiger partial charge in [0.25, 0.3) is 5.43 Å². The van der Waals surface area contributed by atoms with Gasteiger partial charge in [-0.05, 0) is 17.0 Å². The zero-order valence-corrected chi connectivity index (χ0v) is 9.15. The molecule has 2 aromatic rings. The quantitative estimate of drug-likeness (QED) is 0.778. The molecule has 0 aliphatic carbocycles. The summed E-state index contributed by atoms with van der Waals surface area (Å²) in [6, 6.07) is 7.32. The number of hydrogen-bond donors (Lipinski definition) is 1. The highest BCUT2D eigenvalue weighted by Crippen LogP contribution is 2.31. The summed E-state index contributed by atoms with van der Waals surface area (Å²) in [6.45, 7) is 4.00. The van der Waals surface area contributed by atoms with Gasteiger partial charge in [-0.2, -0.15) is 0 Å². The van der Waals surface area contributed by atoms with E-state index in [9.17, 15) is 14.7 Å². The molecule has 3 nitrogen and oxygen atoms in total. The SMILES string of the molecule is CC(C)c1ccccc1-c1c(O)c(=O)c1=O. The largest absolute Gasteiger partial charge is 0.503 e. The Bertz CT molecular complexity index is 602. The lowest BCUT2D eigenvalue weighted by atomic mass is 9.90. The van der Waals surface area contributed by atoms with E-state index < -0.39 is 16.6 Å². The molecule has 0 aliphatic heterocycles. The van der Waals surface area contributed by atoms with E-state index in [0.717, 1.165) is 5.56 Å². The smallest absolute Gasteiger partial charge is 0.268 e. The van der Waals surface area contributed by atoms with E-state index in [1.807, 2.05) is 26.0 Å². The average molecular weight is 216 g/mol. The molecule has 0 bridgehead atoms. The van der Waals surface area contributed by atoms with Crippen molar-refractivity contribution >= 4 is 0 Å². The normalized spacial score (nSPS) is 11.2. The van der Waals surface area contributed by atoms with E-state index in [4.69, 9.17) is 0 Å². The van der Waals surface area contributed by atoms with Crippen molar-refractivity contribution < 1.29 is 5.11 Å². The summed E-state index contributed by atoms with van der Waals surface area (Å²) >= 11 is 0. The third-order valence-corrected chi connectivity index (χ3v) is 2.74. The Kier molecular flexibility index (Phi) is 2.38. The van der Waals surface area contributed by atoms with E-state index >= 15 is 0 Å². The van der Waals surface area contributed by atoms with Crippen LogP contribution in [0.25, 0.3) is 11.1 Å². The number of benzene rings is 1. The maximum absolute atomic E-state index is 11.4. The summed E-state index contributed by atoms with van der Waals surface area (Å²) in [7, 11) is 0. The van der Waals surface area contributed by atoms with E-state index in [-0.39, 0.29) is 11.5 Å². The first-order valence-corrected chi connectivity index (χ1v) is 5.15. The summed E-state index contributed by atoms with van der Waals surface area (Å²) in [4.78, 5) is 22.3. The van der Waals surface area contributed by atoms with Crippen molar-refractivity contribution in [2.24, 2.45) is 0 Å². The zero-order valence-electron chi connectivity index (χ0n) is 9.15. The van der Waals surface area contributed by atoms with Gasteiger partial charge in [0, 0.05) is 0 Å². The fourth-order valence-corrected chi connectivity index (χ4v) is 1.86. The summed E-state index contributed by atoms with van der Waals surface area (Å²) < 4.78 is 0. The Hall–Kier alpha value is -1.90. The molecule has 1 N–H and O–H groups in total. The third kappa shape index (κ3) is 1.36. The molecule has 0 spiro atoms. The first kappa shape index (κ1) is 10.6. The van der Waals surface area contributed by atoms with Crippen molar-refractivity contribution in [3.05, 3.63) is 50.3 Å². The van der Waals surface area contributed by atoms with Gasteiger partial charge in [0.2, 0.25) is 5.43 Å². The van der Waals surface area contributed by atoms with Gasteiger partial charge >= 0.3 is 0 Å². The van der Waals surface area contributed by atoms with Crippen molar-refractivity contribution in [3.8, 4) is 16.9 Å². The van der Waals surface area contributed by atoms with Gasteiger partial charge in [0.05, 0.1) is 5.56 Å². The van der Waals surface area contributed by atoms with Gasteiger partial charge < -0.3 is 5.11 Å². The predicted molar refractivity (Wildman–Crippen MR) is 62.5 cm³/mol. The minimum absolute atomic E-state index is 0.161. The lowest BCUT2D eigenvalue weighted by Gasteiger charge is -2.13. The van der Waals surface area contributed by atoms with Crippen molar-refractivity contribution in [2.45, 2.75) is 19.8 Å². The van der Waals surface area contributed by atoms with Gasteiger partial charge in [0.1, 0.15) is 0 Å². The highest BCUT2D eigenvalue weighted by atomic mass is 16.3. The Labute approximate surface area is 92.7 Å². The Balaban J connectivity index is 2.67. The summed E-state index contributed by atoms with van der Waals surface area (Å²) in [6.07, 6.45) is 0. The standard InChI is InChI=1S/C13H12O3/c1-7(2)8-5-3-4-6-9(8)10-11(14)13(16)12(10)15/h3-7,14H,1-2H3. The molecule has 0 aliphatic rings. The maximum atomic E-state index is 11.4. The Morgan fingerprint density at radius 2 is 1.69 bits per heavy atom. The maximum Gasteiger partial charge on any atom is 0.268 e. The molecule has 0 saturated carbocycles. The molecular formula is C13H12O3. The van der Waals surface area contributed by atoms with Crippen LogP contribution in [0.2, 0.25) is 0 Å². The minimum atomic E-state index is -0.784. The molecule has 0 unspecified atom stereocenters. The molecule has 2 rings (SSSR count). The lowest BCUT2D eigenvalue weighted by Crippen LogP contribution is -2.32. The van der Waals surface area contributed by atoms with Crippen LogP contribution in [0.3, 0.4) is 0 Å². The molecule has 0 radical (unpaired) electrons. The second-order valence-electron chi connectivity index (χ2n) is 4.12. The second-order valence-corrected chi connectivity index (χ2v) is 4.12. The van der Waals surface area contributed by atoms with Gasteiger partial charge in [0.15, 0.2) is 5.75 Å². The predicted octanol–water partition coefficient (Wildman–Crippen LogP) is 1.78. The molecule has 0 heterocycles. The van der Waals surface area contributed by atoms with Crippen LogP contribution in [0.5, 0.6) is 5.75 Å². The van der Waals surface area contributed by atoms with E-state index in [2.05, 4.69) is 0 Å². The molecule has 0 aromatic heterocycles. The topological polar surface area (TPSA) is 54.4 Å². The third-order valence-electron chi connectivity index (χ3n) is 2.74. The molecule has 0 saturated heterocycles. The molecule has 0 atom stereocenters. The fourth-order valence-electron chi connectivity index (χ4n) is 1.86. The highest BCUT2D eigenvalue weighted by molar-refractivity contribution is 5.76.